The van der Waals surface area contributed by atoms with Crippen molar-refractivity contribution in [2.45, 2.75) is 43.6 Å². The number of rotatable bonds is 8. The second-order valence-corrected chi connectivity index (χ2v) is 7.94. The lowest BCUT2D eigenvalue weighted by molar-refractivity contribution is -0.134. The molecule has 0 spiro atoms. The lowest BCUT2D eigenvalue weighted by atomic mass is 9.77. The highest BCUT2D eigenvalue weighted by molar-refractivity contribution is 6.35. The average Bonchev–Trinajstić information content (AvgIpc) is 2.72. The van der Waals surface area contributed by atoms with Gasteiger partial charge in [-0.3, -0.25) is 9.78 Å². The van der Waals surface area contributed by atoms with Crippen LogP contribution in [0.2, 0.25) is 10.0 Å². The minimum Gasteiger partial charge on any atom is -0.394 e. The summed E-state index contributed by atoms with van der Waals surface area (Å²) in [4.78, 5) is 17.1. The molecule has 1 heterocycles. The first-order chi connectivity index (χ1) is 13.8. The Hall–Kier alpha value is -1.57. The van der Waals surface area contributed by atoms with Gasteiger partial charge in [0.25, 0.3) is 0 Å². The molecular weight excluding hydrogens is 420 g/mol. The van der Waals surface area contributed by atoms with E-state index in [9.17, 15) is 9.90 Å². The van der Waals surface area contributed by atoms with Crippen LogP contribution in [0, 0.1) is 0 Å². The van der Waals surface area contributed by atoms with Gasteiger partial charge in [-0.2, -0.15) is 0 Å². The van der Waals surface area contributed by atoms with E-state index in [0.29, 0.717) is 22.2 Å². The minimum atomic E-state index is -2.15. The van der Waals surface area contributed by atoms with Crippen LogP contribution >= 0.6 is 23.2 Å². The number of aromatic nitrogens is 1. The van der Waals surface area contributed by atoms with Crippen molar-refractivity contribution in [3.63, 3.8) is 0 Å². The summed E-state index contributed by atoms with van der Waals surface area (Å²) in [5.41, 5.74) is -0.876. The van der Waals surface area contributed by atoms with E-state index in [4.69, 9.17) is 33.0 Å². The number of ketones is 1. The molecule has 1 aliphatic carbocycles. The fraction of sp³-hybridized carbons (Fsp3) is 0.429. The van der Waals surface area contributed by atoms with Crippen LogP contribution in [0.5, 0.6) is 0 Å². The van der Waals surface area contributed by atoms with Crippen LogP contribution in [-0.2, 0) is 21.6 Å². The molecule has 2 N–H and O–H groups in total. The Morgan fingerprint density at radius 3 is 2.90 bits per heavy atom. The van der Waals surface area contributed by atoms with Gasteiger partial charge in [0.1, 0.15) is 12.2 Å². The number of aliphatic hydroxyl groups is 2. The predicted molar refractivity (Wildman–Crippen MR) is 108 cm³/mol. The van der Waals surface area contributed by atoms with E-state index in [-0.39, 0.29) is 31.4 Å². The van der Waals surface area contributed by atoms with Gasteiger partial charge in [-0.05, 0) is 43.0 Å². The number of carbonyl (C=O) groups excluding carboxylic acids is 1. The average molecular weight is 442 g/mol. The first-order valence-corrected chi connectivity index (χ1v) is 10.1. The lowest BCUT2D eigenvalue weighted by Gasteiger charge is -2.34. The first-order valence-electron chi connectivity index (χ1n) is 9.37. The molecule has 3 rings (SSSR count). The highest BCUT2D eigenvalue weighted by atomic mass is 35.5. The van der Waals surface area contributed by atoms with Crippen molar-refractivity contribution in [3.8, 4) is 0 Å². The van der Waals surface area contributed by atoms with Crippen LogP contribution in [-0.4, -0.2) is 40.3 Å². The number of nitrogens with zero attached hydrogens (tertiary/aromatic N) is 1. The third-order valence-corrected chi connectivity index (χ3v) is 5.69. The quantitative estimate of drug-likeness (QED) is 0.647. The Morgan fingerprint density at radius 1 is 1.38 bits per heavy atom. The molecule has 0 saturated heterocycles. The number of hydrogen-bond donors (Lipinski definition) is 2. The third-order valence-electron chi connectivity index (χ3n) is 5.10. The zero-order valence-electron chi connectivity index (χ0n) is 15.7. The van der Waals surface area contributed by atoms with Crippen molar-refractivity contribution in [2.24, 2.45) is 0 Å². The summed E-state index contributed by atoms with van der Waals surface area (Å²) in [7, 11) is 0. The molecule has 1 aromatic heterocycles. The zero-order valence-corrected chi connectivity index (χ0v) is 17.2. The molecule has 1 aromatic carbocycles. The fourth-order valence-electron chi connectivity index (χ4n) is 3.51. The van der Waals surface area contributed by atoms with Gasteiger partial charge >= 0.3 is 0 Å². The summed E-state index contributed by atoms with van der Waals surface area (Å²) in [5.74, 6) is -0.536. The molecule has 1 aliphatic rings. The number of pyridine rings is 1. The number of benzene rings is 1. The Kier molecular flexibility index (Phi) is 7.24. The molecule has 0 aliphatic heterocycles. The molecule has 0 amide bonds. The van der Waals surface area contributed by atoms with Gasteiger partial charge in [0.15, 0.2) is 11.5 Å². The number of alkyl halides is 1. The first kappa shape index (κ1) is 22.1. The smallest absolute Gasteiger partial charge is 0.195 e. The van der Waals surface area contributed by atoms with Crippen molar-refractivity contribution in [2.75, 3.05) is 13.2 Å². The standard InChI is InChI=1S/C21H22Cl2FNO4/c22-14-5-3-13(17(23)10-14)4-6-19(28)21(24)8-7-18(29-12-15(27)11-26)20-16(21)2-1-9-25-20/h1-3,5,9-10,15,18,26-27H,4,6-8,11-12H2/t15?,18-,21-/m0/s1. The van der Waals surface area contributed by atoms with Crippen molar-refractivity contribution >= 4 is 29.0 Å². The van der Waals surface area contributed by atoms with Crippen LogP contribution in [0.1, 0.15) is 42.2 Å². The number of halogens is 3. The van der Waals surface area contributed by atoms with Gasteiger partial charge < -0.3 is 14.9 Å². The molecule has 1 unspecified atom stereocenters. The third kappa shape index (κ3) is 4.95. The van der Waals surface area contributed by atoms with Gasteiger partial charge in [0, 0.05) is 28.2 Å². The minimum absolute atomic E-state index is 0.0130. The van der Waals surface area contributed by atoms with E-state index in [0.717, 1.165) is 5.56 Å². The molecule has 156 valence electrons. The number of aryl methyl sites for hydroxylation is 1. The van der Waals surface area contributed by atoms with Gasteiger partial charge in [0.05, 0.1) is 18.9 Å². The molecule has 3 atom stereocenters. The maximum absolute atomic E-state index is 15.9. The zero-order chi connectivity index (χ0) is 21.0. The van der Waals surface area contributed by atoms with E-state index in [1.165, 1.54) is 6.20 Å². The van der Waals surface area contributed by atoms with Gasteiger partial charge in [0.2, 0.25) is 0 Å². The molecule has 29 heavy (non-hydrogen) atoms. The number of fused-ring (bicyclic) bond motifs is 1. The Morgan fingerprint density at radius 2 is 2.17 bits per heavy atom. The SMILES string of the molecule is O=C(CCc1ccc(Cl)cc1Cl)[C@]1(F)CC[C@H](OCC(O)CO)c2ncccc21. The molecule has 8 heteroatoms. The molecule has 2 aromatic rings. The van der Waals surface area contributed by atoms with Crippen molar-refractivity contribution < 1.29 is 24.1 Å². The van der Waals surface area contributed by atoms with Crippen molar-refractivity contribution in [1.82, 2.24) is 4.98 Å². The van der Waals surface area contributed by atoms with E-state index in [2.05, 4.69) is 4.98 Å². The highest BCUT2D eigenvalue weighted by Gasteiger charge is 2.46. The summed E-state index contributed by atoms with van der Waals surface area (Å²) in [6.07, 6.45) is 0.436. The summed E-state index contributed by atoms with van der Waals surface area (Å²) in [6, 6.07) is 8.14. The van der Waals surface area contributed by atoms with Crippen molar-refractivity contribution in [3.05, 3.63) is 63.4 Å². The second kappa shape index (κ2) is 9.49. The van der Waals surface area contributed by atoms with Crippen LogP contribution < -0.4 is 0 Å². The van der Waals surface area contributed by atoms with Crippen molar-refractivity contribution in [1.29, 1.82) is 0 Å². The molecule has 0 bridgehead atoms. The highest BCUT2D eigenvalue weighted by Crippen LogP contribution is 2.45. The van der Waals surface area contributed by atoms with Crippen LogP contribution in [0.25, 0.3) is 0 Å². The van der Waals surface area contributed by atoms with Crippen LogP contribution in [0.15, 0.2) is 36.5 Å². The predicted octanol–water partition coefficient (Wildman–Crippen LogP) is 3.96. The maximum Gasteiger partial charge on any atom is 0.195 e. The normalized spacial score (nSPS) is 22.2. The Balaban J connectivity index is 1.76. The van der Waals surface area contributed by atoms with E-state index in [1.54, 1.807) is 30.3 Å². The monoisotopic (exact) mass is 441 g/mol. The van der Waals surface area contributed by atoms with Crippen LogP contribution in [0.3, 0.4) is 0 Å². The number of hydrogen-bond acceptors (Lipinski definition) is 5. The topological polar surface area (TPSA) is 79.7 Å². The number of carbonyl (C=O) groups is 1. The molecule has 0 fully saturated rings. The molecule has 0 saturated carbocycles. The van der Waals surface area contributed by atoms with Gasteiger partial charge in [-0.1, -0.05) is 35.3 Å². The second-order valence-electron chi connectivity index (χ2n) is 7.09. The van der Waals surface area contributed by atoms with E-state index >= 15 is 4.39 Å². The summed E-state index contributed by atoms with van der Waals surface area (Å²) < 4.78 is 21.5. The van der Waals surface area contributed by atoms with Crippen LogP contribution in [0.4, 0.5) is 4.39 Å². The Bertz CT molecular complexity index is 882. The molecule has 0 radical (unpaired) electrons. The maximum atomic E-state index is 15.9. The molecular formula is C21H22Cl2FNO4. The lowest BCUT2D eigenvalue weighted by Crippen LogP contribution is -2.38. The van der Waals surface area contributed by atoms with Gasteiger partial charge in [-0.25, -0.2) is 4.39 Å². The summed E-state index contributed by atoms with van der Waals surface area (Å²) in [6.45, 7) is -0.528. The van der Waals surface area contributed by atoms with E-state index in [1.807, 2.05) is 0 Å². The largest absolute Gasteiger partial charge is 0.394 e. The van der Waals surface area contributed by atoms with Gasteiger partial charge in [-0.15, -0.1) is 0 Å². The number of Topliss-reactive ketones (excluding diaryl/α,β-unsaturated/α-hetero) is 1. The van der Waals surface area contributed by atoms with E-state index < -0.39 is 30.3 Å². The Labute approximate surface area is 178 Å². The summed E-state index contributed by atoms with van der Waals surface area (Å²) in [5, 5.41) is 19.4. The molecule has 5 nitrogen and oxygen atoms in total. The number of aliphatic hydroxyl groups excluding tert-OH is 2. The number of ether oxygens (including phenoxy) is 1. The summed E-state index contributed by atoms with van der Waals surface area (Å²) >= 11 is 12.0. The fourth-order valence-corrected chi connectivity index (χ4v) is 4.02.